The number of ether oxygens (including phenoxy) is 2. The molecule has 0 radical (unpaired) electrons. The van der Waals surface area contributed by atoms with Gasteiger partial charge in [0.25, 0.3) is 0 Å². The normalized spacial score (nSPS) is 16.2. The van der Waals surface area contributed by atoms with E-state index in [9.17, 15) is 13.2 Å². The molecular weight excluding hydrogens is 368 g/mol. The van der Waals surface area contributed by atoms with Crippen molar-refractivity contribution in [3.63, 3.8) is 0 Å². The molecule has 1 aliphatic heterocycles. The molecule has 7 nitrogen and oxygen atoms in total. The molecule has 0 unspecified atom stereocenters. The van der Waals surface area contributed by atoms with Crippen LogP contribution in [0.25, 0.3) is 0 Å². The summed E-state index contributed by atoms with van der Waals surface area (Å²) in [6, 6.07) is 9.95. The summed E-state index contributed by atoms with van der Waals surface area (Å²) in [7, 11) is 0.862. The van der Waals surface area contributed by atoms with Crippen molar-refractivity contribution in [2.24, 2.45) is 0 Å². The molecule has 3 rings (SSSR count). The molecule has 1 N–H and O–H groups in total. The number of methoxy groups -OCH3 is 2. The first-order chi connectivity index (χ1) is 12.8. The fraction of sp³-hybridized carbons (Fsp3) is 0.316. The van der Waals surface area contributed by atoms with Crippen LogP contribution in [-0.2, 0) is 21.4 Å². The Labute approximate surface area is 158 Å². The van der Waals surface area contributed by atoms with Gasteiger partial charge in [-0.25, -0.2) is 8.42 Å². The Morgan fingerprint density at radius 3 is 2.52 bits per heavy atom. The second-order valence-corrected chi connectivity index (χ2v) is 8.44. The van der Waals surface area contributed by atoms with Gasteiger partial charge in [0.15, 0.2) is 0 Å². The number of fused-ring (bicyclic) bond motifs is 1. The summed E-state index contributed by atoms with van der Waals surface area (Å²) in [4.78, 5) is 11.9. The number of carbonyl (C=O) groups is 1. The molecule has 0 bridgehead atoms. The molecule has 0 aliphatic carbocycles. The number of anilines is 1. The molecule has 2 aromatic carbocycles. The van der Waals surface area contributed by atoms with Gasteiger partial charge in [-0.05, 0) is 36.8 Å². The van der Waals surface area contributed by atoms with Gasteiger partial charge in [0, 0.05) is 30.9 Å². The van der Waals surface area contributed by atoms with Gasteiger partial charge in [-0.2, -0.15) is 4.31 Å². The minimum atomic E-state index is -3.73. The topological polar surface area (TPSA) is 84.9 Å². The quantitative estimate of drug-likeness (QED) is 0.819. The van der Waals surface area contributed by atoms with Gasteiger partial charge in [-0.3, -0.25) is 4.79 Å². The van der Waals surface area contributed by atoms with Gasteiger partial charge in [-0.15, -0.1) is 0 Å². The van der Waals surface area contributed by atoms with Crippen molar-refractivity contribution in [3.8, 4) is 11.5 Å². The van der Waals surface area contributed by atoms with E-state index in [1.54, 1.807) is 44.4 Å². The fourth-order valence-electron chi connectivity index (χ4n) is 3.04. The number of nitrogens with one attached hydrogen (secondary N) is 1. The maximum absolute atomic E-state index is 13.0. The van der Waals surface area contributed by atoms with Crippen molar-refractivity contribution in [1.82, 2.24) is 4.31 Å². The van der Waals surface area contributed by atoms with Crippen molar-refractivity contribution in [2.75, 3.05) is 26.6 Å². The van der Waals surface area contributed by atoms with Crippen LogP contribution < -0.4 is 14.8 Å². The molecule has 0 fully saturated rings. The molecule has 1 heterocycles. The molecule has 27 heavy (non-hydrogen) atoms. The van der Waals surface area contributed by atoms with E-state index in [0.717, 1.165) is 5.56 Å². The summed E-state index contributed by atoms with van der Waals surface area (Å²) in [6.07, 6.45) is 0. The second-order valence-electron chi connectivity index (χ2n) is 6.40. The summed E-state index contributed by atoms with van der Waals surface area (Å²) in [5.74, 6) is 0.678. The highest BCUT2D eigenvalue weighted by Gasteiger charge is 2.30. The maximum Gasteiger partial charge on any atom is 0.243 e. The summed E-state index contributed by atoms with van der Waals surface area (Å²) in [6.45, 7) is 1.89. The highest BCUT2D eigenvalue weighted by molar-refractivity contribution is 7.89. The number of hydrogen-bond donors (Lipinski definition) is 1. The minimum absolute atomic E-state index is 0.129. The Hall–Kier alpha value is -2.58. The number of amides is 1. The highest BCUT2D eigenvalue weighted by atomic mass is 32.2. The Kier molecular flexibility index (Phi) is 5.12. The SMILES string of the molecule is COc1ccc(CN(C)S(=O)(=O)c2ccc3c(c2)[C@H](C)C(=O)N3)c(OC)c1. The number of hydrogen-bond acceptors (Lipinski definition) is 5. The van der Waals surface area contributed by atoms with Crippen molar-refractivity contribution >= 4 is 21.6 Å². The molecule has 1 aliphatic rings. The summed E-state index contributed by atoms with van der Waals surface area (Å²) in [5, 5.41) is 2.74. The van der Waals surface area contributed by atoms with Crippen molar-refractivity contribution in [1.29, 1.82) is 0 Å². The summed E-state index contributed by atoms with van der Waals surface area (Å²) >= 11 is 0. The smallest absolute Gasteiger partial charge is 0.243 e. The number of nitrogens with zero attached hydrogens (tertiary/aromatic N) is 1. The number of rotatable bonds is 6. The average Bonchev–Trinajstić information content (AvgIpc) is 2.95. The molecule has 1 atom stereocenters. The van der Waals surface area contributed by atoms with Gasteiger partial charge < -0.3 is 14.8 Å². The number of carbonyl (C=O) groups excluding carboxylic acids is 1. The molecule has 8 heteroatoms. The standard InChI is InChI=1S/C19H22N2O5S/c1-12-16-10-15(7-8-17(16)20-19(12)22)27(23,24)21(2)11-13-5-6-14(25-3)9-18(13)26-4/h5-10,12H,11H2,1-4H3,(H,20,22)/t12-/m0/s1. The second kappa shape index (κ2) is 7.21. The number of benzene rings is 2. The Morgan fingerprint density at radius 1 is 1.11 bits per heavy atom. The van der Waals surface area contributed by atoms with Crippen LogP contribution in [0.5, 0.6) is 11.5 Å². The van der Waals surface area contributed by atoms with E-state index < -0.39 is 10.0 Å². The first kappa shape index (κ1) is 19.2. The number of sulfonamides is 1. The zero-order valence-electron chi connectivity index (χ0n) is 15.6. The first-order valence-electron chi connectivity index (χ1n) is 8.40. The molecule has 0 saturated carbocycles. The van der Waals surface area contributed by atoms with Crippen LogP contribution in [0.3, 0.4) is 0 Å². The molecule has 0 aromatic heterocycles. The van der Waals surface area contributed by atoms with Crippen LogP contribution in [0.1, 0.15) is 24.0 Å². The monoisotopic (exact) mass is 390 g/mol. The Bertz CT molecular complexity index is 988. The zero-order valence-corrected chi connectivity index (χ0v) is 16.5. The lowest BCUT2D eigenvalue weighted by Crippen LogP contribution is -2.26. The molecular formula is C19H22N2O5S. The lowest BCUT2D eigenvalue weighted by Gasteiger charge is -2.19. The van der Waals surface area contributed by atoms with Crippen molar-refractivity contribution < 1.29 is 22.7 Å². The summed E-state index contributed by atoms with van der Waals surface area (Å²) in [5.41, 5.74) is 2.07. The minimum Gasteiger partial charge on any atom is -0.497 e. The average molecular weight is 390 g/mol. The Balaban J connectivity index is 1.89. The third-order valence-electron chi connectivity index (χ3n) is 4.74. The predicted octanol–water partition coefficient (Wildman–Crippen LogP) is 2.58. The fourth-order valence-corrected chi connectivity index (χ4v) is 4.23. The van der Waals surface area contributed by atoms with E-state index in [0.29, 0.717) is 22.7 Å². The van der Waals surface area contributed by atoms with E-state index in [4.69, 9.17) is 9.47 Å². The van der Waals surface area contributed by atoms with Crippen LogP contribution in [0, 0.1) is 0 Å². The van der Waals surface area contributed by atoms with E-state index in [1.165, 1.54) is 24.5 Å². The maximum atomic E-state index is 13.0. The van der Waals surface area contributed by atoms with Crippen molar-refractivity contribution in [3.05, 3.63) is 47.5 Å². The molecule has 2 aromatic rings. The van der Waals surface area contributed by atoms with Crippen molar-refractivity contribution in [2.45, 2.75) is 24.3 Å². The third kappa shape index (κ3) is 3.50. The van der Waals surface area contributed by atoms with E-state index >= 15 is 0 Å². The third-order valence-corrected chi connectivity index (χ3v) is 6.54. The van der Waals surface area contributed by atoms with E-state index in [-0.39, 0.29) is 23.3 Å². The van der Waals surface area contributed by atoms with Gasteiger partial charge in [0.2, 0.25) is 15.9 Å². The summed E-state index contributed by atoms with van der Waals surface area (Å²) < 4.78 is 37.8. The predicted molar refractivity (Wildman–Crippen MR) is 102 cm³/mol. The first-order valence-corrected chi connectivity index (χ1v) is 9.84. The molecule has 144 valence electrons. The van der Waals surface area contributed by atoms with Crippen LogP contribution in [0.2, 0.25) is 0 Å². The molecule has 1 amide bonds. The molecule has 0 spiro atoms. The van der Waals surface area contributed by atoms with E-state index in [1.807, 2.05) is 0 Å². The van der Waals surface area contributed by atoms with Gasteiger partial charge in [0.1, 0.15) is 11.5 Å². The van der Waals surface area contributed by atoms with E-state index in [2.05, 4.69) is 5.32 Å². The van der Waals surface area contributed by atoms with Crippen LogP contribution >= 0.6 is 0 Å². The van der Waals surface area contributed by atoms with Gasteiger partial charge in [-0.1, -0.05) is 6.07 Å². The lowest BCUT2D eigenvalue weighted by molar-refractivity contribution is -0.116. The Morgan fingerprint density at radius 2 is 1.85 bits per heavy atom. The van der Waals surface area contributed by atoms with Crippen LogP contribution in [-0.4, -0.2) is 39.9 Å². The lowest BCUT2D eigenvalue weighted by atomic mass is 10.0. The highest BCUT2D eigenvalue weighted by Crippen LogP contribution is 2.34. The van der Waals surface area contributed by atoms with Gasteiger partial charge in [0.05, 0.1) is 25.0 Å². The molecule has 0 saturated heterocycles. The van der Waals surface area contributed by atoms with Gasteiger partial charge >= 0.3 is 0 Å². The largest absolute Gasteiger partial charge is 0.497 e. The van der Waals surface area contributed by atoms with Crippen LogP contribution in [0.15, 0.2) is 41.3 Å². The van der Waals surface area contributed by atoms with Crippen LogP contribution in [0.4, 0.5) is 5.69 Å². The zero-order chi connectivity index (χ0) is 19.8.